The zero-order valence-electron chi connectivity index (χ0n) is 19.8. The van der Waals surface area contributed by atoms with Gasteiger partial charge in [0.25, 0.3) is 5.56 Å². The molecule has 0 atom stereocenters. The Hall–Kier alpha value is -3.23. The molecule has 4 rings (SSSR count). The van der Waals surface area contributed by atoms with E-state index in [1.165, 1.54) is 4.68 Å². The number of amides is 1. The molecule has 8 heteroatoms. The van der Waals surface area contributed by atoms with Crippen LogP contribution in [0, 0.1) is 6.92 Å². The third-order valence-electron chi connectivity index (χ3n) is 6.26. The summed E-state index contributed by atoms with van der Waals surface area (Å²) in [7, 11) is 2.13. The normalized spacial score (nSPS) is 14.4. The maximum absolute atomic E-state index is 12.7. The first-order valence-corrected chi connectivity index (χ1v) is 11.7. The van der Waals surface area contributed by atoms with Gasteiger partial charge in [-0.25, -0.2) is 4.68 Å². The summed E-state index contributed by atoms with van der Waals surface area (Å²) >= 11 is 0. The van der Waals surface area contributed by atoms with Crippen molar-refractivity contribution in [3.05, 3.63) is 70.1 Å². The fraction of sp³-hybridized carbons (Fsp3) is 0.423. The van der Waals surface area contributed by atoms with Crippen LogP contribution in [0.3, 0.4) is 0 Å². The van der Waals surface area contributed by atoms with Gasteiger partial charge in [0.05, 0.1) is 11.1 Å². The van der Waals surface area contributed by atoms with E-state index >= 15 is 0 Å². The number of carbonyl (C=O) groups is 1. The third kappa shape index (κ3) is 6.01. The molecule has 0 unspecified atom stereocenters. The Morgan fingerprint density at radius 1 is 1.18 bits per heavy atom. The molecule has 1 N–H and O–H groups in total. The molecular formula is C26H32N4O4. The van der Waals surface area contributed by atoms with Crippen molar-refractivity contribution in [2.75, 3.05) is 33.4 Å². The summed E-state index contributed by atoms with van der Waals surface area (Å²) < 4.78 is 12.6. The number of nitrogens with one attached hydrogen (secondary N) is 1. The van der Waals surface area contributed by atoms with Gasteiger partial charge in [-0.05, 0) is 50.6 Å². The summed E-state index contributed by atoms with van der Waals surface area (Å²) in [6.45, 7) is 5.16. The molecule has 0 spiro atoms. The minimum Gasteiger partial charge on any atom is -0.492 e. The predicted molar refractivity (Wildman–Crippen MR) is 131 cm³/mol. The number of carbonyl (C=O) groups excluding carboxylic acids is 1. The minimum absolute atomic E-state index is 0.126. The monoisotopic (exact) mass is 464 g/mol. The molecule has 34 heavy (non-hydrogen) atoms. The van der Waals surface area contributed by atoms with Crippen LogP contribution in [0.25, 0.3) is 10.8 Å². The SMILES string of the molecule is Cc1nn(CC(=O)NCc2cccc(OCCN(C)C3CCOCC3)c2)c(=O)c2ccccc12. The van der Waals surface area contributed by atoms with Gasteiger partial charge in [-0.15, -0.1) is 0 Å². The molecule has 1 aliphatic rings. The summed E-state index contributed by atoms with van der Waals surface area (Å²) in [5.41, 5.74) is 1.38. The Kier molecular flexibility index (Phi) is 7.92. The van der Waals surface area contributed by atoms with Gasteiger partial charge in [-0.1, -0.05) is 30.3 Å². The van der Waals surface area contributed by atoms with E-state index in [0.29, 0.717) is 24.6 Å². The van der Waals surface area contributed by atoms with E-state index in [9.17, 15) is 9.59 Å². The molecule has 180 valence electrons. The van der Waals surface area contributed by atoms with Crippen molar-refractivity contribution >= 4 is 16.7 Å². The molecule has 8 nitrogen and oxygen atoms in total. The Bertz CT molecular complexity index is 1190. The summed E-state index contributed by atoms with van der Waals surface area (Å²) in [5.74, 6) is 0.504. The van der Waals surface area contributed by atoms with Gasteiger partial charge >= 0.3 is 0 Å². The fourth-order valence-corrected chi connectivity index (χ4v) is 4.27. The van der Waals surface area contributed by atoms with Crippen molar-refractivity contribution in [1.29, 1.82) is 0 Å². The third-order valence-corrected chi connectivity index (χ3v) is 6.26. The van der Waals surface area contributed by atoms with Crippen LogP contribution < -0.4 is 15.6 Å². The summed E-state index contributed by atoms with van der Waals surface area (Å²) in [4.78, 5) is 27.5. The van der Waals surface area contributed by atoms with Crippen LogP contribution in [0.5, 0.6) is 5.75 Å². The average Bonchev–Trinajstić information content (AvgIpc) is 2.86. The lowest BCUT2D eigenvalue weighted by atomic mass is 10.1. The van der Waals surface area contributed by atoms with Gasteiger partial charge in [0.1, 0.15) is 18.9 Å². The highest BCUT2D eigenvalue weighted by Gasteiger charge is 2.18. The summed E-state index contributed by atoms with van der Waals surface area (Å²) in [6, 6.07) is 15.5. The first-order valence-electron chi connectivity index (χ1n) is 11.7. The summed E-state index contributed by atoms with van der Waals surface area (Å²) in [5, 5.41) is 8.55. The number of ether oxygens (including phenoxy) is 2. The zero-order chi connectivity index (χ0) is 23.9. The van der Waals surface area contributed by atoms with Crippen LogP contribution in [-0.4, -0.2) is 60.0 Å². The lowest BCUT2D eigenvalue weighted by Crippen LogP contribution is -2.38. The van der Waals surface area contributed by atoms with E-state index in [0.717, 1.165) is 55.0 Å². The van der Waals surface area contributed by atoms with E-state index in [1.54, 1.807) is 6.07 Å². The molecule has 0 bridgehead atoms. The number of nitrogens with zero attached hydrogens (tertiary/aromatic N) is 3. The van der Waals surface area contributed by atoms with Crippen LogP contribution in [0.15, 0.2) is 53.3 Å². The molecule has 1 aliphatic heterocycles. The van der Waals surface area contributed by atoms with E-state index in [1.807, 2.05) is 49.4 Å². The van der Waals surface area contributed by atoms with Crippen LogP contribution in [0.2, 0.25) is 0 Å². The first kappa shape index (κ1) is 23.9. The molecule has 1 aromatic heterocycles. The molecule has 3 aromatic rings. The zero-order valence-corrected chi connectivity index (χ0v) is 19.8. The topological polar surface area (TPSA) is 85.7 Å². The molecule has 0 saturated carbocycles. The molecule has 1 saturated heterocycles. The Labute approximate surface area is 199 Å². The number of fused-ring (bicyclic) bond motifs is 1. The van der Waals surface area contributed by atoms with Crippen LogP contribution in [-0.2, 0) is 22.6 Å². The lowest BCUT2D eigenvalue weighted by molar-refractivity contribution is -0.122. The second-order valence-electron chi connectivity index (χ2n) is 8.69. The highest BCUT2D eigenvalue weighted by atomic mass is 16.5. The Morgan fingerprint density at radius 3 is 2.74 bits per heavy atom. The molecule has 1 amide bonds. The van der Waals surface area contributed by atoms with Crippen molar-refractivity contribution < 1.29 is 14.3 Å². The number of aryl methyl sites for hydroxylation is 1. The molecular weight excluding hydrogens is 432 g/mol. The van der Waals surface area contributed by atoms with Crippen LogP contribution in [0.4, 0.5) is 0 Å². The van der Waals surface area contributed by atoms with Crippen molar-refractivity contribution in [1.82, 2.24) is 20.0 Å². The number of rotatable bonds is 9. The van der Waals surface area contributed by atoms with E-state index < -0.39 is 0 Å². The molecule has 1 fully saturated rings. The predicted octanol–water partition coefficient (Wildman–Crippen LogP) is 2.51. The molecule has 0 aliphatic carbocycles. The number of likely N-dealkylation sites (N-methyl/N-ethyl adjacent to an activating group) is 1. The van der Waals surface area contributed by atoms with E-state index in [4.69, 9.17) is 9.47 Å². The van der Waals surface area contributed by atoms with Crippen LogP contribution >= 0.6 is 0 Å². The second kappa shape index (κ2) is 11.3. The lowest BCUT2D eigenvalue weighted by Gasteiger charge is -2.31. The first-order chi connectivity index (χ1) is 16.5. The van der Waals surface area contributed by atoms with Gasteiger partial charge in [0, 0.05) is 37.7 Å². The fourth-order valence-electron chi connectivity index (χ4n) is 4.27. The number of hydrogen-bond acceptors (Lipinski definition) is 6. The average molecular weight is 465 g/mol. The second-order valence-corrected chi connectivity index (χ2v) is 8.69. The smallest absolute Gasteiger partial charge is 0.275 e. The highest BCUT2D eigenvalue weighted by Crippen LogP contribution is 2.15. The quantitative estimate of drug-likeness (QED) is 0.524. The standard InChI is InChI=1S/C26H32N4O4/c1-19-23-8-3-4-9-24(23)26(32)30(28-19)18-25(31)27-17-20-6-5-7-22(16-20)34-15-12-29(2)21-10-13-33-14-11-21/h3-9,16,21H,10-15,17-18H2,1-2H3,(H,27,31). The molecule has 2 aromatic carbocycles. The minimum atomic E-state index is -0.270. The van der Waals surface area contributed by atoms with E-state index in [2.05, 4.69) is 22.4 Å². The van der Waals surface area contributed by atoms with Gasteiger partial charge < -0.3 is 14.8 Å². The van der Waals surface area contributed by atoms with Gasteiger partial charge in [-0.2, -0.15) is 5.10 Å². The van der Waals surface area contributed by atoms with Gasteiger partial charge in [-0.3, -0.25) is 14.5 Å². The number of benzene rings is 2. The highest BCUT2D eigenvalue weighted by molar-refractivity contribution is 5.83. The van der Waals surface area contributed by atoms with Crippen molar-refractivity contribution in [3.63, 3.8) is 0 Å². The largest absolute Gasteiger partial charge is 0.492 e. The number of aromatic nitrogens is 2. The number of hydrogen-bond donors (Lipinski definition) is 1. The maximum atomic E-state index is 12.7. The van der Waals surface area contributed by atoms with Crippen molar-refractivity contribution in [3.8, 4) is 5.75 Å². The summed E-state index contributed by atoms with van der Waals surface area (Å²) in [6.07, 6.45) is 2.12. The van der Waals surface area contributed by atoms with Crippen molar-refractivity contribution in [2.24, 2.45) is 0 Å². The molecule has 0 radical (unpaired) electrons. The Morgan fingerprint density at radius 2 is 1.94 bits per heavy atom. The molecule has 2 heterocycles. The van der Waals surface area contributed by atoms with Crippen LogP contribution in [0.1, 0.15) is 24.1 Å². The van der Waals surface area contributed by atoms with Crippen molar-refractivity contribution in [2.45, 2.75) is 38.9 Å². The van der Waals surface area contributed by atoms with Gasteiger partial charge in [0.2, 0.25) is 5.91 Å². The maximum Gasteiger partial charge on any atom is 0.275 e. The van der Waals surface area contributed by atoms with E-state index in [-0.39, 0.29) is 18.0 Å². The van der Waals surface area contributed by atoms with Gasteiger partial charge in [0.15, 0.2) is 0 Å². The Balaban J connectivity index is 1.28.